The van der Waals surface area contributed by atoms with Gasteiger partial charge in [-0.3, -0.25) is 9.59 Å². The Labute approximate surface area is 127 Å². The number of carbonyl (C=O) groups is 2. The monoisotopic (exact) mass is 309 g/mol. The van der Waals surface area contributed by atoms with Crippen LogP contribution in [-0.2, 0) is 14.3 Å². The number of nitrogens with zero attached hydrogens (tertiary/aromatic N) is 1. The summed E-state index contributed by atoms with van der Waals surface area (Å²) in [6.07, 6.45) is 3.08. The lowest BCUT2D eigenvalue weighted by molar-refractivity contribution is -0.140. The highest BCUT2D eigenvalue weighted by Crippen LogP contribution is 2.20. The van der Waals surface area contributed by atoms with Gasteiger partial charge in [-0.2, -0.15) is 0 Å². The van der Waals surface area contributed by atoms with Gasteiger partial charge in [0.15, 0.2) is 0 Å². The van der Waals surface area contributed by atoms with E-state index >= 15 is 0 Å². The van der Waals surface area contributed by atoms with Crippen LogP contribution in [0.4, 0.5) is 4.39 Å². The molecular formula is C15H16FNO3S. The van der Waals surface area contributed by atoms with Crippen LogP contribution >= 0.6 is 11.8 Å². The molecular weight excluding hydrogens is 293 g/mol. The molecule has 2 rings (SSSR count). The van der Waals surface area contributed by atoms with Gasteiger partial charge in [0.05, 0.1) is 7.11 Å². The largest absolute Gasteiger partial charge is 0.468 e. The van der Waals surface area contributed by atoms with Gasteiger partial charge < -0.3 is 9.64 Å². The van der Waals surface area contributed by atoms with Gasteiger partial charge in [0.25, 0.3) is 0 Å². The van der Waals surface area contributed by atoms with Gasteiger partial charge in [0.2, 0.25) is 5.91 Å². The molecule has 1 amide bonds. The smallest absolute Gasteiger partial charge is 0.320 e. The Morgan fingerprint density at radius 2 is 2.10 bits per heavy atom. The minimum absolute atomic E-state index is 0.159. The lowest BCUT2D eigenvalue weighted by atomic mass is 10.2. The van der Waals surface area contributed by atoms with Crippen LogP contribution in [0.2, 0.25) is 0 Å². The van der Waals surface area contributed by atoms with Gasteiger partial charge in [-0.25, -0.2) is 4.39 Å². The Morgan fingerprint density at radius 3 is 2.76 bits per heavy atom. The fourth-order valence-electron chi connectivity index (χ4n) is 1.97. The van der Waals surface area contributed by atoms with E-state index in [2.05, 4.69) is 0 Å². The summed E-state index contributed by atoms with van der Waals surface area (Å²) in [5.41, 5.74) is 0.751. The second-order valence-corrected chi connectivity index (χ2v) is 5.86. The van der Waals surface area contributed by atoms with E-state index in [0.717, 1.165) is 5.56 Å². The quantitative estimate of drug-likeness (QED) is 0.632. The van der Waals surface area contributed by atoms with E-state index in [1.807, 2.05) is 0 Å². The van der Waals surface area contributed by atoms with Crippen LogP contribution in [0.1, 0.15) is 5.56 Å². The first-order chi connectivity index (χ1) is 10.1. The van der Waals surface area contributed by atoms with E-state index in [1.165, 1.54) is 37.1 Å². The van der Waals surface area contributed by atoms with Crippen molar-refractivity contribution in [3.8, 4) is 0 Å². The first kappa shape index (κ1) is 15.6. The van der Waals surface area contributed by atoms with Gasteiger partial charge in [-0.1, -0.05) is 12.1 Å². The lowest BCUT2D eigenvalue weighted by Crippen LogP contribution is -2.44. The summed E-state index contributed by atoms with van der Waals surface area (Å²) in [5.74, 6) is -0.0726. The summed E-state index contributed by atoms with van der Waals surface area (Å²) in [6, 6.07) is 5.88. The molecule has 6 heteroatoms. The third-order valence-corrected chi connectivity index (χ3v) is 4.29. The summed E-state index contributed by atoms with van der Waals surface area (Å²) in [5, 5.41) is -0.327. The molecule has 1 fully saturated rings. The maximum Gasteiger partial charge on any atom is 0.320 e. The van der Waals surface area contributed by atoms with Gasteiger partial charge in [-0.15, -0.1) is 11.8 Å². The van der Waals surface area contributed by atoms with Gasteiger partial charge in [0.1, 0.15) is 11.1 Å². The van der Waals surface area contributed by atoms with Crippen molar-refractivity contribution >= 4 is 29.7 Å². The molecule has 112 valence electrons. The van der Waals surface area contributed by atoms with Gasteiger partial charge >= 0.3 is 5.97 Å². The fourth-order valence-corrected chi connectivity index (χ4v) is 3.10. The molecule has 0 aliphatic carbocycles. The summed E-state index contributed by atoms with van der Waals surface area (Å²) in [6.45, 7) is 0.953. The molecule has 4 nitrogen and oxygen atoms in total. The van der Waals surface area contributed by atoms with Crippen molar-refractivity contribution in [1.82, 2.24) is 4.90 Å². The number of benzene rings is 1. The van der Waals surface area contributed by atoms with Crippen LogP contribution in [0.25, 0.3) is 6.08 Å². The molecule has 1 heterocycles. The van der Waals surface area contributed by atoms with Crippen LogP contribution in [-0.4, -0.2) is 48.0 Å². The number of esters is 1. The number of hydrogen-bond donors (Lipinski definition) is 0. The maximum atomic E-state index is 12.8. The van der Waals surface area contributed by atoms with E-state index in [0.29, 0.717) is 18.8 Å². The van der Waals surface area contributed by atoms with Gasteiger partial charge in [0, 0.05) is 24.9 Å². The number of thioether (sulfide) groups is 1. The molecule has 21 heavy (non-hydrogen) atoms. The predicted octanol–water partition coefficient (Wildman–Crippen LogP) is 1.96. The summed E-state index contributed by atoms with van der Waals surface area (Å²) < 4.78 is 17.5. The number of rotatable bonds is 3. The Bertz CT molecular complexity index is 544. The van der Waals surface area contributed by atoms with Crippen molar-refractivity contribution in [1.29, 1.82) is 0 Å². The third kappa shape index (κ3) is 4.32. The first-order valence-corrected chi connectivity index (χ1v) is 7.57. The zero-order valence-corrected chi connectivity index (χ0v) is 12.4. The average Bonchev–Trinajstić information content (AvgIpc) is 2.53. The molecule has 0 unspecified atom stereocenters. The SMILES string of the molecule is COC(=O)[C@H]1CN(C(=O)/C=C/c2ccc(F)cc2)CCS1. The maximum absolute atomic E-state index is 12.8. The van der Waals surface area contributed by atoms with Crippen LogP contribution in [0.5, 0.6) is 0 Å². The number of carbonyl (C=O) groups excluding carboxylic acids is 2. The van der Waals surface area contributed by atoms with E-state index in [1.54, 1.807) is 23.1 Å². The van der Waals surface area contributed by atoms with Crippen LogP contribution in [0.15, 0.2) is 30.3 Å². The van der Waals surface area contributed by atoms with Crippen molar-refractivity contribution in [3.63, 3.8) is 0 Å². The molecule has 0 saturated carbocycles. The predicted molar refractivity (Wildman–Crippen MR) is 80.3 cm³/mol. The number of hydrogen-bond acceptors (Lipinski definition) is 4. The summed E-state index contributed by atoms with van der Waals surface area (Å²) in [4.78, 5) is 25.2. The molecule has 0 aromatic heterocycles. The zero-order valence-electron chi connectivity index (χ0n) is 11.6. The topological polar surface area (TPSA) is 46.6 Å². The minimum atomic E-state index is -0.327. The number of amides is 1. The molecule has 0 bridgehead atoms. The molecule has 1 atom stereocenters. The Hall–Kier alpha value is -1.82. The molecule has 1 saturated heterocycles. The minimum Gasteiger partial charge on any atom is -0.468 e. The second kappa shape index (κ2) is 7.26. The van der Waals surface area contributed by atoms with Crippen LogP contribution < -0.4 is 0 Å². The van der Waals surface area contributed by atoms with E-state index in [-0.39, 0.29) is 22.9 Å². The van der Waals surface area contributed by atoms with E-state index in [4.69, 9.17) is 4.74 Å². The normalized spacial score (nSPS) is 18.8. The number of halogens is 1. The molecule has 1 aromatic rings. The lowest BCUT2D eigenvalue weighted by Gasteiger charge is -2.30. The Kier molecular flexibility index (Phi) is 5.38. The number of ether oxygens (including phenoxy) is 1. The highest BCUT2D eigenvalue weighted by molar-refractivity contribution is 8.00. The van der Waals surface area contributed by atoms with Crippen LogP contribution in [0.3, 0.4) is 0 Å². The van der Waals surface area contributed by atoms with Crippen molar-refractivity contribution < 1.29 is 18.7 Å². The highest BCUT2D eigenvalue weighted by atomic mass is 32.2. The van der Waals surface area contributed by atoms with E-state index in [9.17, 15) is 14.0 Å². The van der Waals surface area contributed by atoms with Crippen molar-refractivity contribution in [2.45, 2.75) is 5.25 Å². The molecule has 0 N–H and O–H groups in total. The molecule has 0 spiro atoms. The molecule has 0 radical (unpaired) electrons. The van der Waals surface area contributed by atoms with Crippen molar-refractivity contribution in [3.05, 3.63) is 41.7 Å². The summed E-state index contributed by atoms with van der Waals surface area (Å²) >= 11 is 1.50. The first-order valence-electron chi connectivity index (χ1n) is 6.52. The Balaban J connectivity index is 1.96. The van der Waals surface area contributed by atoms with Gasteiger partial charge in [-0.05, 0) is 23.8 Å². The molecule has 1 aromatic carbocycles. The number of methoxy groups -OCH3 is 1. The molecule has 1 aliphatic heterocycles. The zero-order chi connectivity index (χ0) is 15.2. The second-order valence-electron chi connectivity index (χ2n) is 4.55. The van der Waals surface area contributed by atoms with Crippen LogP contribution in [0, 0.1) is 5.82 Å². The summed E-state index contributed by atoms with van der Waals surface area (Å²) in [7, 11) is 1.35. The van der Waals surface area contributed by atoms with E-state index < -0.39 is 0 Å². The molecule has 1 aliphatic rings. The van der Waals surface area contributed by atoms with Crippen molar-refractivity contribution in [2.24, 2.45) is 0 Å². The third-order valence-electron chi connectivity index (χ3n) is 3.13. The Morgan fingerprint density at radius 1 is 1.38 bits per heavy atom. The standard InChI is InChI=1S/C15H16FNO3S/c1-20-15(19)13-10-17(8-9-21-13)14(18)7-4-11-2-5-12(16)6-3-11/h2-7,13H,8-10H2,1H3/b7-4+/t13-/m1/s1. The average molecular weight is 309 g/mol. The van der Waals surface area contributed by atoms with Crippen molar-refractivity contribution in [2.75, 3.05) is 26.0 Å². The highest BCUT2D eigenvalue weighted by Gasteiger charge is 2.28. The fraction of sp³-hybridized carbons (Fsp3) is 0.333.